The lowest BCUT2D eigenvalue weighted by Gasteiger charge is -2.21. The van der Waals surface area contributed by atoms with Crippen LogP contribution >= 0.6 is 0 Å². The maximum absolute atomic E-state index is 5.60. The number of nitrogens with one attached hydrogen (secondary N) is 1. The maximum Gasteiger partial charge on any atom is 0.0480 e. The molecule has 3 heteroatoms. The Morgan fingerprint density at radius 2 is 2.27 bits per heavy atom. The summed E-state index contributed by atoms with van der Waals surface area (Å²) >= 11 is 0. The number of aryl methyl sites for hydroxylation is 1. The summed E-state index contributed by atoms with van der Waals surface area (Å²) in [6, 6.07) is 2.24. The third-order valence-electron chi connectivity index (χ3n) is 2.99. The van der Waals surface area contributed by atoms with Crippen molar-refractivity contribution in [2.75, 3.05) is 0 Å². The van der Waals surface area contributed by atoms with E-state index in [1.165, 1.54) is 17.5 Å². The summed E-state index contributed by atoms with van der Waals surface area (Å²) in [5, 5.41) is 0. The quantitative estimate of drug-likeness (QED) is 0.575. The molecule has 15 heavy (non-hydrogen) atoms. The molecule has 0 bridgehead atoms. The van der Waals surface area contributed by atoms with Gasteiger partial charge in [0.1, 0.15) is 0 Å². The first kappa shape index (κ1) is 12.1. The Hall–Kier alpha value is -0.930. The molecule has 0 fully saturated rings. The van der Waals surface area contributed by atoms with Crippen molar-refractivity contribution in [3.63, 3.8) is 0 Å². The van der Waals surface area contributed by atoms with Crippen molar-refractivity contribution >= 4 is 0 Å². The summed E-state index contributed by atoms with van der Waals surface area (Å²) in [6.07, 6.45) is 5.95. The molecule has 0 radical (unpaired) electrons. The minimum absolute atomic E-state index is 0.216. The number of hydrogen-bond acceptors (Lipinski definition) is 3. The van der Waals surface area contributed by atoms with E-state index in [1.54, 1.807) is 0 Å². The Labute approximate surface area is 92.1 Å². The highest BCUT2D eigenvalue weighted by molar-refractivity contribution is 5.24. The number of nitrogens with two attached hydrogens (primary N) is 1. The normalized spacial score (nSPS) is 14.9. The average molecular weight is 207 g/mol. The van der Waals surface area contributed by atoms with Crippen molar-refractivity contribution in [1.82, 2.24) is 10.4 Å². The van der Waals surface area contributed by atoms with Crippen LogP contribution < -0.4 is 11.3 Å². The lowest BCUT2D eigenvalue weighted by molar-refractivity contribution is 0.406. The fourth-order valence-electron chi connectivity index (χ4n) is 1.69. The largest absolute Gasteiger partial charge is 0.271 e. The molecule has 84 valence electrons. The Kier molecular flexibility index (Phi) is 4.72. The molecule has 0 saturated heterocycles. The van der Waals surface area contributed by atoms with Crippen LogP contribution in [0.2, 0.25) is 0 Å². The Morgan fingerprint density at radius 1 is 1.53 bits per heavy atom. The summed E-state index contributed by atoms with van der Waals surface area (Å²) in [5.41, 5.74) is 5.34. The first-order chi connectivity index (χ1) is 7.19. The van der Waals surface area contributed by atoms with Gasteiger partial charge in [0, 0.05) is 18.4 Å². The van der Waals surface area contributed by atoms with E-state index in [1.807, 2.05) is 18.5 Å². The van der Waals surface area contributed by atoms with Crippen molar-refractivity contribution < 1.29 is 0 Å². The predicted molar refractivity (Wildman–Crippen MR) is 63.1 cm³/mol. The number of nitrogens with zero attached hydrogens (tertiary/aromatic N) is 1. The van der Waals surface area contributed by atoms with Crippen LogP contribution in [-0.2, 0) is 0 Å². The van der Waals surface area contributed by atoms with Gasteiger partial charge in [-0.3, -0.25) is 16.3 Å². The second-order valence-corrected chi connectivity index (χ2v) is 4.20. The molecule has 3 nitrogen and oxygen atoms in total. The number of rotatable bonds is 5. The number of hydrogen-bond donors (Lipinski definition) is 2. The van der Waals surface area contributed by atoms with Crippen LogP contribution in [-0.4, -0.2) is 4.98 Å². The zero-order valence-corrected chi connectivity index (χ0v) is 9.83. The van der Waals surface area contributed by atoms with Gasteiger partial charge in [-0.2, -0.15) is 0 Å². The Balaban J connectivity index is 2.78. The standard InChI is InChI=1S/C12H21N3/c1-4-9(2)7-12(15-13)11-8-14-6-5-10(11)3/h5-6,8-9,12,15H,4,7,13H2,1-3H3. The number of pyridine rings is 1. The van der Waals surface area contributed by atoms with E-state index in [9.17, 15) is 0 Å². The lowest BCUT2D eigenvalue weighted by Crippen LogP contribution is -2.30. The Morgan fingerprint density at radius 3 is 2.80 bits per heavy atom. The van der Waals surface area contributed by atoms with Gasteiger partial charge in [-0.25, -0.2) is 0 Å². The van der Waals surface area contributed by atoms with Crippen molar-refractivity contribution in [2.24, 2.45) is 11.8 Å². The minimum Gasteiger partial charge on any atom is -0.271 e. The zero-order chi connectivity index (χ0) is 11.3. The lowest BCUT2D eigenvalue weighted by atomic mass is 9.93. The van der Waals surface area contributed by atoms with E-state index in [0.717, 1.165) is 6.42 Å². The molecule has 0 saturated carbocycles. The smallest absolute Gasteiger partial charge is 0.0480 e. The van der Waals surface area contributed by atoms with Gasteiger partial charge in [0.25, 0.3) is 0 Å². The molecule has 0 aromatic carbocycles. The zero-order valence-electron chi connectivity index (χ0n) is 9.83. The van der Waals surface area contributed by atoms with Gasteiger partial charge in [0.05, 0.1) is 0 Å². The van der Waals surface area contributed by atoms with Gasteiger partial charge < -0.3 is 0 Å². The van der Waals surface area contributed by atoms with Crippen molar-refractivity contribution in [3.8, 4) is 0 Å². The molecule has 0 aliphatic heterocycles. The van der Waals surface area contributed by atoms with Crippen molar-refractivity contribution in [1.29, 1.82) is 0 Å². The molecule has 0 amide bonds. The molecule has 1 heterocycles. The molecule has 0 spiro atoms. The second-order valence-electron chi connectivity index (χ2n) is 4.20. The maximum atomic E-state index is 5.60. The number of hydrazine groups is 1. The van der Waals surface area contributed by atoms with Crippen LogP contribution in [0, 0.1) is 12.8 Å². The van der Waals surface area contributed by atoms with Crippen LogP contribution in [0.3, 0.4) is 0 Å². The van der Waals surface area contributed by atoms with Gasteiger partial charge in [-0.05, 0) is 36.5 Å². The highest BCUT2D eigenvalue weighted by Crippen LogP contribution is 2.23. The van der Waals surface area contributed by atoms with Gasteiger partial charge >= 0.3 is 0 Å². The molecular weight excluding hydrogens is 186 g/mol. The summed E-state index contributed by atoms with van der Waals surface area (Å²) < 4.78 is 0. The van der Waals surface area contributed by atoms with E-state index in [4.69, 9.17) is 5.84 Å². The van der Waals surface area contributed by atoms with E-state index in [2.05, 4.69) is 31.2 Å². The molecule has 0 aliphatic carbocycles. The molecule has 3 N–H and O–H groups in total. The molecule has 0 aliphatic rings. The van der Waals surface area contributed by atoms with Gasteiger partial charge in [0.15, 0.2) is 0 Å². The van der Waals surface area contributed by atoms with E-state index < -0.39 is 0 Å². The fourth-order valence-corrected chi connectivity index (χ4v) is 1.69. The molecular formula is C12H21N3. The van der Waals surface area contributed by atoms with Crippen molar-refractivity contribution in [2.45, 2.75) is 39.7 Å². The number of aromatic nitrogens is 1. The monoisotopic (exact) mass is 207 g/mol. The molecule has 1 aromatic heterocycles. The predicted octanol–water partition coefficient (Wildman–Crippen LogP) is 2.33. The van der Waals surface area contributed by atoms with E-state index in [-0.39, 0.29) is 6.04 Å². The topological polar surface area (TPSA) is 50.9 Å². The summed E-state index contributed by atoms with van der Waals surface area (Å²) in [7, 11) is 0. The fraction of sp³-hybridized carbons (Fsp3) is 0.583. The average Bonchev–Trinajstić information content (AvgIpc) is 2.26. The minimum atomic E-state index is 0.216. The van der Waals surface area contributed by atoms with E-state index >= 15 is 0 Å². The third-order valence-corrected chi connectivity index (χ3v) is 2.99. The van der Waals surface area contributed by atoms with Crippen LogP contribution in [0.1, 0.15) is 43.9 Å². The summed E-state index contributed by atoms with van der Waals surface area (Å²) in [6.45, 7) is 6.54. The van der Waals surface area contributed by atoms with Crippen LogP contribution in [0.15, 0.2) is 18.5 Å². The molecule has 2 atom stereocenters. The Bertz CT molecular complexity index is 299. The van der Waals surface area contributed by atoms with Crippen molar-refractivity contribution in [3.05, 3.63) is 29.6 Å². The molecule has 1 aromatic rings. The van der Waals surface area contributed by atoms with Crippen LogP contribution in [0.25, 0.3) is 0 Å². The summed E-state index contributed by atoms with van der Waals surface area (Å²) in [4.78, 5) is 4.15. The van der Waals surface area contributed by atoms with E-state index in [0.29, 0.717) is 5.92 Å². The molecule has 2 unspecified atom stereocenters. The summed E-state index contributed by atoms with van der Waals surface area (Å²) in [5.74, 6) is 6.27. The van der Waals surface area contributed by atoms with Gasteiger partial charge in [0.2, 0.25) is 0 Å². The SMILES string of the molecule is CCC(C)CC(NN)c1cnccc1C. The highest BCUT2D eigenvalue weighted by Gasteiger charge is 2.14. The van der Waals surface area contributed by atoms with Gasteiger partial charge in [-0.15, -0.1) is 0 Å². The first-order valence-electron chi connectivity index (χ1n) is 5.55. The van der Waals surface area contributed by atoms with Crippen LogP contribution in [0.4, 0.5) is 0 Å². The third kappa shape index (κ3) is 3.29. The van der Waals surface area contributed by atoms with Gasteiger partial charge in [-0.1, -0.05) is 20.3 Å². The second kappa shape index (κ2) is 5.83. The first-order valence-corrected chi connectivity index (χ1v) is 5.55. The molecule has 1 rings (SSSR count). The van der Waals surface area contributed by atoms with Crippen LogP contribution in [0.5, 0.6) is 0 Å². The highest BCUT2D eigenvalue weighted by atomic mass is 15.2.